The number of carbonyl (C=O) groups excluding carboxylic acids is 1. The summed E-state index contributed by atoms with van der Waals surface area (Å²) in [7, 11) is 3.76. The number of carbonyl (C=O) groups is 1. The summed E-state index contributed by atoms with van der Waals surface area (Å²) in [6.07, 6.45) is 3.12. The molecule has 0 spiro atoms. The molecule has 0 saturated heterocycles. The van der Waals surface area contributed by atoms with E-state index in [2.05, 4.69) is 29.5 Å². The van der Waals surface area contributed by atoms with E-state index in [0.717, 1.165) is 31.4 Å². The fourth-order valence-corrected chi connectivity index (χ4v) is 2.54. The number of nitrogens with one attached hydrogen (secondary N) is 2. The van der Waals surface area contributed by atoms with Crippen LogP contribution in [0.1, 0.15) is 40.0 Å². The molecular weight excluding hydrogens is 320 g/mol. The van der Waals surface area contributed by atoms with Gasteiger partial charge in [-0.15, -0.1) is 0 Å². The fourth-order valence-electron chi connectivity index (χ4n) is 2.54. The highest BCUT2D eigenvalue weighted by Crippen LogP contribution is 2.28. The van der Waals surface area contributed by atoms with Gasteiger partial charge in [-0.1, -0.05) is 13.8 Å². The van der Waals surface area contributed by atoms with E-state index in [0.29, 0.717) is 25.7 Å². The lowest BCUT2D eigenvalue weighted by atomic mass is 10.0. The van der Waals surface area contributed by atoms with E-state index in [-0.39, 0.29) is 12.1 Å². The minimum atomic E-state index is -0.369. The average molecular weight is 357 g/mol. The van der Waals surface area contributed by atoms with Crippen molar-refractivity contribution in [3.05, 3.63) is 0 Å². The molecule has 7 heteroatoms. The highest BCUT2D eigenvalue weighted by Gasteiger charge is 2.21. The smallest absolute Gasteiger partial charge is 0.407 e. The number of nitrogens with zero attached hydrogens (tertiary/aromatic N) is 2. The highest BCUT2D eigenvalue weighted by molar-refractivity contribution is 5.79. The maximum atomic E-state index is 11.7. The van der Waals surface area contributed by atoms with E-state index in [1.54, 1.807) is 14.0 Å². The van der Waals surface area contributed by atoms with Crippen molar-refractivity contribution in [2.75, 3.05) is 47.0 Å². The van der Waals surface area contributed by atoms with Gasteiger partial charge in [0.25, 0.3) is 0 Å². The Bertz CT molecular complexity index is 411. The molecule has 1 aliphatic rings. The van der Waals surface area contributed by atoms with Gasteiger partial charge in [-0.2, -0.15) is 0 Å². The summed E-state index contributed by atoms with van der Waals surface area (Å²) in [5.41, 5.74) is 0. The van der Waals surface area contributed by atoms with E-state index >= 15 is 0 Å². The van der Waals surface area contributed by atoms with Crippen LogP contribution < -0.4 is 10.6 Å². The topological polar surface area (TPSA) is 75.2 Å². The largest absolute Gasteiger partial charge is 0.450 e. The van der Waals surface area contributed by atoms with Gasteiger partial charge in [0.2, 0.25) is 0 Å². The van der Waals surface area contributed by atoms with Gasteiger partial charge < -0.3 is 25.0 Å². The molecule has 1 rings (SSSR count). The third-order valence-electron chi connectivity index (χ3n) is 4.05. The van der Waals surface area contributed by atoms with Gasteiger partial charge in [0.05, 0.1) is 13.2 Å². The first-order valence-corrected chi connectivity index (χ1v) is 9.39. The average Bonchev–Trinajstić information content (AvgIpc) is 3.36. The van der Waals surface area contributed by atoms with Crippen LogP contribution in [0.25, 0.3) is 0 Å². The van der Waals surface area contributed by atoms with Crippen LogP contribution in [0.2, 0.25) is 0 Å². The van der Waals surface area contributed by atoms with Crippen molar-refractivity contribution in [1.82, 2.24) is 15.5 Å². The number of hydrogen-bond donors (Lipinski definition) is 2. The van der Waals surface area contributed by atoms with Gasteiger partial charge in [0, 0.05) is 39.8 Å². The fraction of sp³-hybridized carbons (Fsp3) is 0.889. The van der Waals surface area contributed by atoms with Crippen molar-refractivity contribution < 1.29 is 14.3 Å². The molecule has 0 radical (unpaired) electrons. The lowest BCUT2D eigenvalue weighted by Crippen LogP contribution is -2.48. The third-order valence-corrected chi connectivity index (χ3v) is 4.05. The first-order chi connectivity index (χ1) is 12.0. The molecule has 1 fully saturated rings. The number of hydrogen-bond acceptors (Lipinski definition) is 4. The second kappa shape index (κ2) is 12.0. The summed E-state index contributed by atoms with van der Waals surface area (Å²) in [6.45, 7) is 9.42. The molecule has 0 aromatic heterocycles. The summed E-state index contributed by atoms with van der Waals surface area (Å²) in [6, 6.07) is -0.00434. The Labute approximate surface area is 152 Å². The maximum absolute atomic E-state index is 11.7. The molecule has 0 bridgehead atoms. The van der Waals surface area contributed by atoms with Gasteiger partial charge in [0.1, 0.15) is 0 Å². The molecule has 7 nitrogen and oxygen atoms in total. The van der Waals surface area contributed by atoms with Crippen LogP contribution >= 0.6 is 0 Å². The maximum Gasteiger partial charge on any atom is 0.407 e. The molecule has 25 heavy (non-hydrogen) atoms. The monoisotopic (exact) mass is 356 g/mol. The third kappa shape index (κ3) is 10.2. The molecule has 0 aliphatic heterocycles. The van der Waals surface area contributed by atoms with E-state index in [9.17, 15) is 4.79 Å². The molecule has 0 aromatic carbocycles. The van der Waals surface area contributed by atoms with Gasteiger partial charge in [-0.05, 0) is 38.0 Å². The van der Waals surface area contributed by atoms with Crippen LogP contribution in [0.4, 0.5) is 4.79 Å². The van der Waals surface area contributed by atoms with Crippen molar-refractivity contribution in [2.24, 2.45) is 16.8 Å². The summed E-state index contributed by atoms with van der Waals surface area (Å²) in [4.78, 5) is 18.1. The van der Waals surface area contributed by atoms with Crippen LogP contribution in [-0.2, 0) is 9.47 Å². The number of likely N-dealkylation sites (N-methyl/N-ethyl adjacent to an activating group) is 1. The van der Waals surface area contributed by atoms with Crippen molar-refractivity contribution in [2.45, 2.75) is 46.1 Å². The Morgan fingerprint density at radius 3 is 2.64 bits per heavy atom. The minimum absolute atomic E-state index is 0.00434. The molecule has 1 aliphatic carbocycles. The van der Waals surface area contributed by atoms with E-state index in [4.69, 9.17) is 9.47 Å². The SMILES string of the molecule is CCOC(=O)NC(CNC(=NC)N(C)CCOCC1CC1)CC(C)C. The molecule has 146 valence electrons. The summed E-state index contributed by atoms with van der Waals surface area (Å²) >= 11 is 0. The lowest BCUT2D eigenvalue weighted by molar-refractivity contribution is 0.115. The standard InChI is InChI=1S/C18H36N4O3/c1-6-25-18(23)21-16(11-14(2)3)12-20-17(19-4)22(5)9-10-24-13-15-7-8-15/h14-16H,6-13H2,1-5H3,(H,19,20)(H,21,23). The Morgan fingerprint density at radius 2 is 2.08 bits per heavy atom. The Balaban J connectivity index is 2.36. The number of rotatable bonds is 11. The second-order valence-corrected chi connectivity index (χ2v) is 7.06. The number of aliphatic imine (C=N–C) groups is 1. The number of amides is 1. The van der Waals surface area contributed by atoms with Gasteiger partial charge in [-0.3, -0.25) is 4.99 Å². The van der Waals surface area contributed by atoms with Crippen molar-refractivity contribution in [3.63, 3.8) is 0 Å². The number of ether oxygens (including phenoxy) is 2. The van der Waals surface area contributed by atoms with Crippen molar-refractivity contribution in [3.8, 4) is 0 Å². The zero-order chi connectivity index (χ0) is 18.7. The van der Waals surface area contributed by atoms with E-state index in [1.165, 1.54) is 12.8 Å². The molecule has 1 saturated carbocycles. The molecule has 2 N–H and O–H groups in total. The van der Waals surface area contributed by atoms with Crippen LogP contribution in [0.5, 0.6) is 0 Å². The summed E-state index contributed by atoms with van der Waals surface area (Å²) in [5.74, 6) is 2.06. The van der Waals surface area contributed by atoms with E-state index in [1.807, 2.05) is 11.9 Å². The minimum Gasteiger partial charge on any atom is -0.450 e. The Morgan fingerprint density at radius 1 is 1.36 bits per heavy atom. The van der Waals surface area contributed by atoms with Crippen molar-refractivity contribution in [1.29, 1.82) is 0 Å². The first-order valence-electron chi connectivity index (χ1n) is 9.39. The molecule has 0 heterocycles. The van der Waals surface area contributed by atoms with E-state index < -0.39 is 0 Å². The van der Waals surface area contributed by atoms with Crippen LogP contribution in [-0.4, -0.2) is 70.0 Å². The van der Waals surface area contributed by atoms with Gasteiger partial charge >= 0.3 is 6.09 Å². The number of guanidine groups is 1. The Kier molecular flexibility index (Phi) is 10.3. The van der Waals surface area contributed by atoms with Crippen LogP contribution in [0.15, 0.2) is 4.99 Å². The summed E-state index contributed by atoms with van der Waals surface area (Å²) in [5, 5.41) is 6.25. The zero-order valence-corrected chi connectivity index (χ0v) is 16.5. The number of alkyl carbamates (subject to hydrolysis) is 1. The molecule has 1 unspecified atom stereocenters. The predicted molar refractivity (Wildman–Crippen MR) is 101 cm³/mol. The predicted octanol–water partition coefficient (Wildman–Crippen LogP) is 2.08. The zero-order valence-electron chi connectivity index (χ0n) is 16.5. The second-order valence-electron chi connectivity index (χ2n) is 7.06. The summed E-state index contributed by atoms with van der Waals surface area (Å²) < 4.78 is 10.7. The Hall–Kier alpha value is -1.50. The van der Waals surface area contributed by atoms with Gasteiger partial charge in [0.15, 0.2) is 5.96 Å². The van der Waals surface area contributed by atoms with Crippen LogP contribution in [0, 0.1) is 11.8 Å². The highest BCUT2D eigenvalue weighted by atomic mass is 16.5. The molecule has 0 aromatic rings. The normalized spacial score (nSPS) is 15.8. The van der Waals surface area contributed by atoms with Crippen LogP contribution in [0.3, 0.4) is 0 Å². The van der Waals surface area contributed by atoms with Crippen molar-refractivity contribution >= 4 is 12.1 Å². The quantitative estimate of drug-likeness (QED) is 0.337. The van der Waals surface area contributed by atoms with Gasteiger partial charge in [-0.25, -0.2) is 4.79 Å². The lowest BCUT2D eigenvalue weighted by Gasteiger charge is -2.26. The molecule has 1 atom stereocenters. The first kappa shape index (κ1) is 21.5. The molecule has 1 amide bonds. The molecular formula is C18H36N4O3.